The van der Waals surface area contributed by atoms with E-state index in [1.807, 2.05) is 48.7 Å². The summed E-state index contributed by atoms with van der Waals surface area (Å²) in [6.07, 6.45) is 0. The third-order valence-electron chi connectivity index (χ3n) is 3.98. The highest BCUT2D eigenvalue weighted by molar-refractivity contribution is 7.98. The smallest absolute Gasteiger partial charge is 0.258 e. The lowest BCUT2D eigenvalue weighted by atomic mass is 10.2. The molecular formula is C20H21ClN4O2S. The van der Waals surface area contributed by atoms with Gasteiger partial charge in [-0.25, -0.2) is 0 Å². The molecule has 1 N–H and O–H groups in total. The van der Waals surface area contributed by atoms with Crippen LogP contribution in [0.2, 0.25) is 5.02 Å². The van der Waals surface area contributed by atoms with Gasteiger partial charge in [-0.1, -0.05) is 47.6 Å². The fraction of sp³-hybridized carbons (Fsp3) is 0.250. The number of aromatic nitrogens is 3. The van der Waals surface area contributed by atoms with E-state index in [9.17, 15) is 4.79 Å². The van der Waals surface area contributed by atoms with Crippen molar-refractivity contribution in [3.05, 3.63) is 64.7 Å². The Bertz CT molecular complexity index is 961. The van der Waals surface area contributed by atoms with Crippen LogP contribution >= 0.6 is 23.4 Å². The monoisotopic (exact) mass is 416 g/mol. The van der Waals surface area contributed by atoms with Gasteiger partial charge < -0.3 is 4.74 Å². The highest BCUT2D eigenvalue weighted by Gasteiger charge is 2.16. The highest BCUT2D eigenvalue weighted by atomic mass is 35.5. The first-order chi connectivity index (χ1) is 13.6. The molecule has 3 aromatic rings. The first-order valence-electron chi connectivity index (χ1n) is 8.96. The number of thioether (sulfide) groups is 1. The Kier molecular flexibility index (Phi) is 6.95. The summed E-state index contributed by atoms with van der Waals surface area (Å²) in [5.74, 6) is 1.48. The number of anilines is 1. The van der Waals surface area contributed by atoms with Crippen molar-refractivity contribution in [1.29, 1.82) is 0 Å². The third-order valence-corrected chi connectivity index (χ3v) is 5.36. The van der Waals surface area contributed by atoms with Crippen molar-refractivity contribution in [3.8, 4) is 5.75 Å². The van der Waals surface area contributed by atoms with Crippen LogP contribution in [0.3, 0.4) is 0 Å². The lowest BCUT2D eigenvalue weighted by molar-refractivity contribution is 0.102. The number of ether oxygens (including phenoxy) is 1. The molecule has 0 spiro atoms. The maximum Gasteiger partial charge on any atom is 0.258 e. The van der Waals surface area contributed by atoms with Crippen LogP contribution < -0.4 is 10.1 Å². The van der Waals surface area contributed by atoms with Gasteiger partial charge >= 0.3 is 0 Å². The average Bonchev–Trinajstić information content (AvgIpc) is 3.09. The van der Waals surface area contributed by atoms with Gasteiger partial charge in [-0.2, -0.15) is 0 Å². The Morgan fingerprint density at radius 1 is 1.18 bits per heavy atom. The molecule has 0 radical (unpaired) electrons. The maximum absolute atomic E-state index is 12.6. The molecule has 8 heteroatoms. The molecule has 1 heterocycles. The van der Waals surface area contributed by atoms with Crippen LogP contribution in [0.25, 0.3) is 0 Å². The first kappa shape index (κ1) is 20.2. The Morgan fingerprint density at radius 2 is 2.00 bits per heavy atom. The standard InChI is InChI=1S/C20H21ClN4O2S/c1-3-25-19(22-18(26)14-9-7-10-16(12-14)27-4-2)23-24-20(25)28-13-15-8-5-6-11-17(15)21/h5-12H,3-4,13H2,1-2H3,(H,22,23,26). The van der Waals surface area contributed by atoms with Gasteiger partial charge in [0.1, 0.15) is 5.75 Å². The van der Waals surface area contributed by atoms with Gasteiger partial charge in [0.25, 0.3) is 5.91 Å². The lowest BCUT2D eigenvalue weighted by Crippen LogP contribution is -2.16. The normalized spacial score (nSPS) is 10.7. The molecule has 0 aliphatic heterocycles. The Labute approximate surface area is 173 Å². The molecule has 2 aromatic carbocycles. The Morgan fingerprint density at radius 3 is 2.75 bits per heavy atom. The van der Waals surface area contributed by atoms with Crippen LogP contribution in [-0.4, -0.2) is 27.3 Å². The number of rotatable bonds is 8. The summed E-state index contributed by atoms with van der Waals surface area (Å²) in [6, 6.07) is 14.7. The zero-order valence-electron chi connectivity index (χ0n) is 15.7. The van der Waals surface area contributed by atoms with Crippen molar-refractivity contribution >= 4 is 35.2 Å². The molecule has 3 rings (SSSR count). The van der Waals surface area contributed by atoms with Gasteiger partial charge in [-0.15, -0.1) is 10.2 Å². The van der Waals surface area contributed by atoms with Gasteiger partial charge in [-0.05, 0) is 43.7 Å². The van der Waals surface area contributed by atoms with E-state index in [1.165, 1.54) is 11.8 Å². The fourth-order valence-electron chi connectivity index (χ4n) is 2.60. The summed E-state index contributed by atoms with van der Waals surface area (Å²) >= 11 is 7.74. The summed E-state index contributed by atoms with van der Waals surface area (Å²) in [6.45, 7) is 5.06. The number of nitrogens with zero attached hydrogens (tertiary/aromatic N) is 3. The summed E-state index contributed by atoms with van der Waals surface area (Å²) < 4.78 is 7.32. The van der Waals surface area contributed by atoms with Crippen molar-refractivity contribution < 1.29 is 9.53 Å². The van der Waals surface area contributed by atoms with Crippen molar-refractivity contribution in [3.63, 3.8) is 0 Å². The number of carbonyl (C=O) groups is 1. The lowest BCUT2D eigenvalue weighted by Gasteiger charge is -2.09. The van der Waals surface area contributed by atoms with Gasteiger partial charge in [0, 0.05) is 22.9 Å². The van der Waals surface area contributed by atoms with E-state index < -0.39 is 0 Å². The molecule has 0 fully saturated rings. The predicted octanol–water partition coefficient (Wildman–Crippen LogP) is 4.89. The minimum Gasteiger partial charge on any atom is -0.494 e. The maximum atomic E-state index is 12.6. The zero-order valence-corrected chi connectivity index (χ0v) is 17.3. The number of amides is 1. The number of nitrogens with one attached hydrogen (secondary N) is 1. The van der Waals surface area contributed by atoms with E-state index in [0.29, 0.717) is 36.2 Å². The van der Waals surface area contributed by atoms with Crippen molar-refractivity contribution in [2.75, 3.05) is 11.9 Å². The van der Waals surface area contributed by atoms with E-state index in [4.69, 9.17) is 16.3 Å². The summed E-state index contributed by atoms with van der Waals surface area (Å²) in [5, 5.41) is 12.6. The summed E-state index contributed by atoms with van der Waals surface area (Å²) in [4.78, 5) is 12.6. The molecule has 146 valence electrons. The van der Waals surface area contributed by atoms with Crippen LogP contribution in [0.5, 0.6) is 5.75 Å². The summed E-state index contributed by atoms with van der Waals surface area (Å²) in [5.41, 5.74) is 1.53. The minimum absolute atomic E-state index is 0.258. The van der Waals surface area contributed by atoms with Crippen molar-refractivity contribution in [1.82, 2.24) is 14.8 Å². The second-order valence-electron chi connectivity index (χ2n) is 5.85. The second-order valence-corrected chi connectivity index (χ2v) is 7.20. The van der Waals surface area contributed by atoms with E-state index >= 15 is 0 Å². The number of hydrogen-bond acceptors (Lipinski definition) is 5. The third kappa shape index (κ3) is 4.85. The molecule has 1 aromatic heterocycles. The van der Waals surface area contributed by atoms with E-state index in [1.54, 1.807) is 18.2 Å². The number of benzene rings is 2. The molecule has 28 heavy (non-hydrogen) atoms. The van der Waals surface area contributed by atoms with Crippen molar-refractivity contribution in [2.45, 2.75) is 31.3 Å². The molecule has 1 amide bonds. The molecule has 6 nitrogen and oxygen atoms in total. The minimum atomic E-state index is -0.258. The van der Waals surface area contributed by atoms with Gasteiger partial charge in [0.15, 0.2) is 5.16 Å². The Balaban J connectivity index is 1.72. The van der Waals surface area contributed by atoms with Crippen molar-refractivity contribution in [2.24, 2.45) is 0 Å². The van der Waals surface area contributed by atoms with Gasteiger partial charge in [-0.3, -0.25) is 14.7 Å². The fourth-order valence-corrected chi connectivity index (χ4v) is 3.89. The SMILES string of the molecule is CCOc1cccc(C(=O)Nc2nnc(SCc3ccccc3Cl)n2CC)c1. The van der Waals surface area contributed by atoms with Crippen LogP contribution in [-0.2, 0) is 12.3 Å². The van der Waals surface area contributed by atoms with Gasteiger partial charge in [0.2, 0.25) is 5.95 Å². The van der Waals surface area contributed by atoms with E-state index in [-0.39, 0.29) is 5.91 Å². The van der Waals surface area contributed by atoms with E-state index in [0.717, 1.165) is 15.7 Å². The molecule has 0 atom stereocenters. The number of halogens is 1. The largest absolute Gasteiger partial charge is 0.494 e. The predicted molar refractivity (Wildman–Crippen MR) is 112 cm³/mol. The quantitative estimate of drug-likeness (QED) is 0.529. The molecule has 0 saturated heterocycles. The molecule has 0 bridgehead atoms. The number of hydrogen-bond donors (Lipinski definition) is 1. The molecular weight excluding hydrogens is 396 g/mol. The van der Waals surface area contributed by atoms with Crippen LogP contribution in [0.1, 0.15) is 29.8 Å². The molecule has 0 aliphatic carbocycles. The summed E-state index contributed by atoms with van der Waals surface area (Å²) in [7, 11) is 0. The van der Waals surface area contributed by atoms with Gasteiger partial charge in [0.05, 0.1) is 6.61 Å². The average molecular weight is 417 g/mol. The van der Waals surface area contributed by atoms with E-state index in [2.05, 4.69) is 15.5 Å². The van der Waals surface area contributed by atoms with Crippen LogP contribution in [0.4, 0.5) is 5.95 Å². The second kappa shape index (κ2) is 9.61. The van der Waals surface area contributed by atoms with Crippen LogP contribution in [0, 0.1) is 0 Å². The first-order valence-corrected chi connectivity index (χ1v) is 10.3. The zero-order chi connectivity index (χ0) is 19.9. The molecule has 0 saturated carbocycles. The van der Waals surface area contributed by atoms with Crippen LogP contribution in [0.15, 0.2) is 53.7 Å². The topological polar surface area (TPSA) is 69.0 Å². The molecule has 0 unspecified atom stereocenters. The number of carbonyl (C=O) groups excluding carboxylic acids is 1. The highest BCUT2D eigenvalue weighted by Crippen LogP contribution is 2.27. The molecule has 0 aliphatic rings. The Hall–Kier alpha value is -2.51.